The Morgan fingerprint density at radius 1 is 1.14 bits per heavy atom. The van der Waals surface area contributed by atoms with Gasteiger partial charge in [-0.1, -0.05) is 42.5 Å². The van der Waals surface area contributed by atoms with Crippen LogP contribution in [-0.4, -0.2) is 11.9 Å². The molecule has 2 rings (SSSR count). The van der Waals surface area contributed by atoms with E-state index in [1.807, 2.05) is 49.4 Å². The largest absolute Gasteiger partial charge is 0.399 e. The van der Waals surface area contributed by atoms with Crippen LogP contribution in [-0.2, 0) is 11.2 Å². The van der Waals surface area contributed by atoms with Crippen LogP contribution in [0.5, 0.6) is 0 Å². The van der Waals surface area contributed by atoms with E-state index in [9.17, 15) is 4.79 Å². The average molecular weight is 280 g/mol. The Kier molecular flexibility index (Phi) is 5.16. The molecule has 3 nitrogen and oxygen atoms in total. The zero-order valence-corrected chi connectivity index (χ0v) is 12.1. The van der Waals surface area contributed by atoms with Crippen LogP contribution in [0.1, 0.15) is 18.1 Å². The quantitative estimate of drug-likeness (QED) is 0.653. The van der Waals surface area contributed by atoms with E-state index in [0.29, 0.717) is 5.69 Å². The van der Waals surface area contributed by atoms with Crippen molar-refractivity contribution < 1.29 is 4.79 Å². The maximum atomic E-state index is 11.9. The molecule has 0 saturated heterocycles. The number of nitrogen functional groups attached to an aromatic ring is 1. The molecule has 3 N–H and O–H groups in total. The molecular formula is C18H20N2O. The summed E-state index contributed by atoms with van der Waals surface area (Å²) in [4.78, 5) is 11.9. The van der Waals surface area contributed by atoms with Crippen molar-refractivity contribution in [2.75, 3.05) is 5.73 Å². The molecule has 0 aliphatic heterocycles. The molecule has 0 aliphatic rings. The first-order chi connectivity index (χ1) is 10.1. The molecule has 0 aromatic heterocycles. The summed E-state index contributed by atoms with van der Waals surface area (Å²) in [7, 11) is 0. The number of hydrogen-bond donors (Lipinski definition) is 2. The number of nitrogens with one attached hydrogen (secondary N) is 1. The van der Waals surface area contributed by atoms with Crippen LogP contribution in [0.4, 0.5) is 5.69 Å². The minimum absolute atomic E-state index is 0.0877. The van der Waals surface area contributed by atoms with Crippen LogP contribution in [0.3, 0.4) is 0 Å². The molecule has 0 heterocycles. The Balaban J connectivity index is 1.85. The monoisotopic (exact) mass is 280 g/mol. The van der Waals surface area contributed by atoms with E-state index in [2.05, 4.69) is 17.4 Å². The van der Waals surface area contributed by atoms with E-state index in [-0.39, 0.29) is 11.9 Å². The summed E-state index contributed by atoms with van der Waals surface area (Å²) in [6.45, 7) is 2.00. The van der Waals surface area contributed by atoms with E-state index in [1.54, 1.807) is 12.2 Å². The fraction of sp³-hybridized carbons (Fsp3) is 0.167. The van der Waals surface area contributed by atoms with Crippen LogP contribution in [0.15, 0.2) is 60.7 Å². The van der Waals surface area contributed by atoms with Crippen molar-refractivity contribution >= 4 is 17.7 Å². The van der Waals surface area contributed by atoms with Gasteiger partial charge in [0.2, 0.25) is 5.91 Å². The van der Waals surface area contributed by atoms with Gasteiger partial charge >= 0.3 is 0 Å². The van der Waals surface area contributed by atoms with Crippen molar-refractivity contribution in [2.45, 2.75) is 19.4 Å². The molecule has 0 bridgehead atoms. The van der Waals surface area contributed by atoms with Gasteiger partial charge in [0.15, 0.2) is 0 Å². The van der Waals surface area contributed by atoms with Gasteiger partial charge in [-0.25, -0.2) is 0 Å². The van der Waals surface area contributed by atoms with Crippen LogP contribution in [0.25, 0.3) is 6.08 Å². The molecule has 0 saturated carbocycles. The van der Waals surface area contributed by atoms with Crippen molar-refractivity contribution in [3.63, 3.8) is 0 Å². The Labute approximate surface area is 125 Å². The molecule has 1 atom stereocenters. The smallest absolute Gasteiger partial charge is 0.244 e. The number of carbonyl (C=O) groups excluding carboxylic acids is 1. The predicted molar refractivity (Wildman–Crippen MR) is 87.6 cm³/mol. The van der Waals surface area contributed by atoms with Gasteiger partial charge in [-0.3, -0.25) is 4.79 Å². The third-order valence-corrected chi connectivity index (χ3v) is 3.14. The SMILES string of the molecule is CC(Cc1ccccc1)NC(=O)/C=C/c1ccc(N)cc1. The van der Waals surface area contributed by atoms with Crippen LogP contribution in [0, 0.1) is 0 Å². The molecule has 1 amide bonds. The first-order valence-electron chi connectivity index (χ1n) is 7.01. The number of nitrogens with two attached hydrogens (primary N) is 1. The lowest BCUT2D eigenvalue weighted by Gasteiger charge is -2.12. The molecule has 0 aliphatic carbocycles. The number of hydrogen-bond acceptors (Lipinski definition) is 2. The van der Waals surface area contributed by atoms with Gasteiger partial charge in [0.1, 0.15) is 0 Å². The van der Waals surface area contributed by atoms with E-state index in [1.165, 1.54) is 5.56 Å². The highest BCUT2D eigenvalue weighted by atomic mass is 16.1. The molecule has 21 heavy (non-hydrogen) atoms. The highest BCUT2D eigenvalue weighted by molar-refractivity contribution is 5.91. The van der Waals surface area contributed by atoms with Gasteiger partial charge < -0.3 is 11.1 Å². The van der Waals surface area contributed by atoms with Crippen LogP contribution < -0.4 is 11.1 Å². The molecule has 0 fully saturated rings. The molecule has 1 unspecified atom stereocenters. The third-order valence-electron chi connectivity index (χ3n) is 3.14. The van der Waals surface area contributed by atoms with Gasteiger partial charge in [0, 0.05) is 17.8 Å². The van der Waals surface area contributed by atoms with Crippen molar-refractivity contribution in [2.24, 2.45) is 0 Å². The van der Waals surface area contributed by atoms with E-state index in [4.69, 9.17) is 5.73 Å². The lowest BCUT2D eigenvalue weighted by molar-refractivity contribution is -0.117. The Morgan fingerprint density at radius 3 is 2.48 bits per heavy atom. The molecular weight excluding hydrogens is 260 g/mol. The summed E-state index contributed by atoms with van der Waals surface area (Å²) < 4.78 is 0. The summed E-state index contributed by atoms with van der Waals surface area (Å²) in [5.74, 6) is -0.0877. The molecule has 2 aromatic carbocycles. The minimum Gasteiger partial charge on any atom is -0.399 e. The van der Waals surface area contributed by atoms with Gasteiger partial charge in [-0.05, 0) is 42.7 Å². The zero-order chi connectivity index (χ0) is 15.1. The van der Waals surface area contributed by atoms with E-state index < -0.39 is 0 Å². The maximum Gasteiger partial charge on any atom is 0.244 e. The first-order valence-corrected chi connectivity index (χ1v) is 7.01. The summed E-state index contributed by atoms with van der Waals surface area (Å²) in [6, 6.07) is 17.6. The topological polar surface area (TPSA) is 55.1 Å². The lowest BCUT2D eigenvalue weighted by atomic mass is 10.1. The summed E-state index contributed by atoms with van der Waals surface area (Å²) in [5, 5.41) is 2.96. The van der Waals surface area contributed by atoms with E-state index in [0.717, 1.165) is 12.0 Å². The van der Waals surface area contributed by atoms with Gasteiger partial charge in [-0.2, -0.15) is 0 Å². The molecule has 108 valence electrons. The van der Waals surface area contributed by atoms with E-state index >= 15 is 0 Å². The average Bonchev–Trinajstić information content (AvgIpc) is 2.47. The number of amides is 1. The zero-order valence-electron chi connectivity index (χ0n) is 12.1. The highest BCUT2D eigenvalue weighted by Gasteiger charge is 2.05. The van der Waals surface area contributed by atoms with Gasteiger partial charge in [-0.15, -0.1) is 0 Å². The molecule has 2 aromatic rings. The molecule has 3 heteroatoms. The number of benzene rings is 2. The normalized spacial score (nSPS) is 12.2. The summed E-state index contributed by atoms with van der Waals surface area (Å²) >= 11 is 0. The Bertz CT molecular complexity index is 603. The van der Waals surface area contributed by atoms with Crippen molar-refractivity contribution in [3.8, 4) is 0 Å². The fourth-order valence-corrected chi connectivity index (χ4v) is 2.09. The number of anilines is 1. The highest BCUT2D eigenvalue weighted by Crippen LogP contribution is 2.07. The lowest BCUT2D eigenvalue weighted by Crippen LogP contribution is -2.32. The van der Waals surface area contributed by atoms with Crippen LogP contribution in [0.2, 0.25) is 0 Å². The summed E-state index contributed by atoms with van der Waals surface area (Å²) in [5.41, 5.74) is 8.50. The number of rotatable bonds is 5. The minimum atomic E-state index is -0.0877. The maximum absolute atomic E-state index is 11.9. The molecule has 0 spiro atoms. The first kappa shape index (κ1) is 14.9. The molecule has 0 radical (unpaired) electrons. The second-order valence-electron chi connectivity index (χ2n) is 5.10. The van der Waals surface area contributed by atoms with Crippen molar-refractivity contribution in [1.29, 1.82) is 0 Å². The summed E-state index contributed by atoms with van der Waals surface area (Å²) in [6.07, 6.45) is 4.15. The van der Waals surface area contributed by atoms with Crippen molar-refractivity contribution in [3.05, 3.63) is 71.8 Å². The Morgan fingerprint density at radius 2 is 1.81 bits per heavy atom. The van der Waals surface area contributed by atoms with Gasteiger partial charge in [0.05, 0.1) is 0 Å². The van der Waals surface area contributed by atoms with Gasteiger partial charge in [0.25, 0.3) is 0 Å². The number of carbonyl (C=O) groups is 1. The second kappa shape index (κ2) is 7.29. The third kappa shape index (κ3) is 5.15. The standard InChI is InChI=1S/C18H20N2O/c1-14(13-16-5-3-2-4-6-16)20-18(21)12-9-15-7-10-17(19)11-8-15/h2-12,14H,13,19H2,1H3,(H,20,21)/b12-9+. The van der Waals surface area contributed by atoms with Crippen molar-refractivity contribution in [1.82, 2.24) is 5.32 Å². The van der Waals surface area contributed by atoms with Crippen LogP contribution >= 0.6 is 0 Å². The fourth-order valence-electron chi connectivity index (χ4n) is 2.09. The second-order valence-corrected chi connectivity index (χ2v) is 5.10. The predicted octanol–water partition coefficient (Wildman–Crippen LogP) is 3.03. The Hall–Kier alpha value is -2.55.